The maximum absolute atomic E-state index is 10.1. The van der Waals surface area contributed by atoms with Crippen molar-refractivity contribution >= 4 is 17.1 Å². The summed E-state index contributed by atoms with van der Waals surface area (Å²) >= 11 is 0. The fourth-order valence-electron chi connectivity index (χ4n) is 4.55. The van der Waals surface area contributed by atoms with Gasteiger partial charge in [0.05, 0.1) is 0 Å². The summed E-state index contributed by atoms with van der Waals surface area (Å²) in [6, 6.07) is 21.9. The minimum atomic E-state index is 0.254. The van der Waals surface area contributed by atoms with E-state index in [1.807, 2.05) is 75.4 Å². The first-order valence-electron chi connectivity index (χ1n) is 14.0. The van der Waals surface area contributed by atoms with E-state index in [2.05, 4.69) is 19.9 Å². The van der Waals surface area contributed by atoms with Crippen molar-refractivity contribution in [3.8, 4) is 17.2 Å². The molecule has 0 aliphatic heterocycles. The first-order chi connectivity index (χ1) is 19.4. The molecule has 212 valence electrons. The molecule has 0 unspecified atom stereocenters. The fraction of sp³-hybridized carbons (Fsp3) is 0.364. The van der Waals surface area contributed by atoms with E-state index >= 15 is 0 Å². The van der Waals surface area contributed by atoms with Crippen LogP contribution in [0.5, 0.6) is 17.2 Å². The van der Waals surface area contributed by atoms with Gasteiger partial charge in [-0.1, -0.05) is 36.4 Å². The lowest BCUT2D eigenvalue weighted by atomic mass is 10.1. The quantitative estimate of drug-likeness (QED) is 0.159. The van der Waals surface area contributed by atoms with Gasteiger partial charge in [-0.15, -0.1) is 0 Å². The Kier molecular flexibility index (Phi) is 12.4. The normalized spacial score (nSPS) is 12.8. The van der Waals surface area contributed by atoms with Crippen molar-refractivity contribution in [3.05, 3.63) is 89.5 Å². The number of phenolic OH excluding ortho intramolecular Hbond substituents is 3. The molecule has 0 atom stereocenters. The van der Waals surface area contributed by atoms with Gasteiger partial charge < -0.3 is 20.2 Å². The van der Waals surface area contributed by atoms with Crippen LogP contribution in [0.2, 0.25) is 0 Å². The lowest BCUT2D eigenvalue weighted by molar-refractivity contribution is 0.268. The van der Waals surface area contributed by atoms with Gasteiger partial charge in [-0.25, -0.2) is 0 Å². The third kappa shape index (κ3) is 9.65. The Hall–Kier alpha value is -3.97. The van der Waals surface area contributed by atoms with Crippen LogP contribution in [0.15, 0.2) is 87.8 Å². The first-order valence-corrected chi connectivity index (χ1v) is 14.0. The van der Waals surface area contributed by atoms with Crippen molar-refractivity contribution < 1.29 is 15.3 Å². The predicted molar refractivity (Wildman–Crippen MR) is 166 cm³/mol. The highest BCUT2D eigenvalue weighted by molar-refractivity contribution is 6.02. The zero-order valence-electron chi connectivity index (χ0n) is 23.9. The molecule has 0 radical (unpaired) electrons. The number of rotatable bonds is 15. The van der Waals surface area contributed by atoms with Crippen molar-refractivity contribution in [3.63, 3.8) is 0 Å². The van der Waals surface area contributed by atoms with E-state index in [1.54, 1.807) is 18.2 Å². The van der Waals surface area contributed by atoms with Crippen molar-refractivity contribution in [1.82, 2.24) is 4.90 Å². The summed E-state index contributed by atoms with van der Waals surface area (Å²) in [5, 5.41) is 30.2. The van der Waals surface area contributed by atoms with Crippen LogP contribution in [0.3, 0.4) is 0 Å². The Bertz CT molecular complexity index is 1160. The van der Waals surface area contributed by atoms with Crippen molar-refractivity contribution in [1.29, 1.82) is 0 Å². The summed E-state index contributed by atoms with van der Waals surface area (Å²) in [5.74, 6) is 0.763. The highest BCUT2D eigenvalue weighted by Crippen LogP contribution is 2.18. The van der Waals surface area contributed by atoms with E-state index in [0.717, 1.165) is 72.7 Å². The molecule has 0 bridgehead atoms. The molecule has 0 saturated carbocycles. The molecular formula is C33H42N4O3. The standard InChI is InChI=1S/C33H42N4O3/c1-25(28-13-4-7-16-31(28)38)34-19-10-22-37(23-11-20-35-26(2)29-14-5-8-17-32(29)39)24-12-21-36-27(3)30-15-6-9-18-33(30)40/h4-9,13-18,38-40H,10-12,19-24H2,1-3H3. The largest absolute Gasteiger partial charge is 0.507 e. The molecule has 0 aromatic heterocycles. The van der Waals surface area contributed by atoms with Crippen LogP contribution in [0.1, 0.15) is 56.7 Å². The Morgan fingerprint density at radius 3 is 1.05 bits per heavy atom. The number of hydrogen-bond donors (Lipinski definition) is 3. The van der Waals surface area contributed by atoms with Crippen LogP contribution in [0.4, 0.5) is 0 Å². The van der Waals surface area contributed by atoms with Gasteiger partial charge in [0.2, 0.25) is 0 Å². The molecule has 0 heterocycles. The summed E-state index contributed by atoms with van der Waals surface area (Å²) in [6.45, 7) is 10.6. The van der Waals surface area contributed by atoms with Gasteiger partial charge in [0.25, 0.3) is 0 Å². The maximum atomic E-state index is 10.1. The molecule has 0 saturated heterocycles. The van der Waals surface area contributed by atoms with Crippen LogP contribution in [0.25, 0.3) is 0 Å². The van der Waals surface area contributed by atoms with Crippen LogP contribution in [0, 0.1) is 0 Å². The zero-order valence-corrected chi connectivity index (χ0v) is 23.9. The van der Waals surface area contributed by atoms with E-state index in [9.17, 15) is 15.3 Å². The minimum absolute atomic E-state index is 0.254. The van der Waals surface area contributed by atoms with Gasteiger partial charge >= 0.3 is 0 Å². The molecule has 0 fully saturated rings. The van der Waals surface area contributed by atoms with Crippen molar-refractivity contribution in [2.75, 3.05) is 39.3 Å². The van der Waals surface area contributed by atoms with E-state index in [-0.39, 0.29) is 17.2 Å². The summed E-state index contributed by atoms with van der Waals surface area (Å²) < 4.78 is 0. The molecule has 7 heteroatoms. The van der Waals surface area contributed by atoms with Crippen molar-refractivity contribution in [2.45, 2.75) is 40.0 Å². The van der Waals surface area contributed by atoms with E-state index in [4.69, 9.17) is 0 Å². The molecule has 0 aliphatic rings. The van der Waals surface area contributed by atoms with Gasteiger partial charge in [0.1, 0.15) is 17.2 Å². The van der Waals surface area contributed by atoms with Gasteiger partial charge in [0.15, 0.2) is 0 Å². The summed E-state index contributed by atoms with van der Waals surface area (Å²) in [4.78, 5) is 16.5. The third-order valence-electron chi connectivity index (χ3n) is 6.83. The van der Waals surface area contributed by atoms with E-state index < -0.39 is 0 Å². The molecule has 3 rings (SSSR count). The van der Waals surface area contributed by atoms with Gasteiger partial charge in [-0.3, -0.25) is 15.0 Å². The second-order valence-electron chi connectivity index (χ2n) is 9.86. The number of phenols is 3. The monoisotopic (exact) mass is 542 g/mol. The van der Waals surface area contributed by atoms with Crippen LogP contribution >= 0.6 is 0 Å². The Balaban J connectivity index is 1.54. The second kappa shape index (κ2) is 16.2. The van der Waals surface area contributed by atoms with Crippen molar-refractivity contribution in [2.24, 2.45) is 15.0 Å². The topological polar surface area (TPSA) is 101 Å². The van der Waals surface area contributed by atoms with E-state index in [1.165, 1.54) is 0 Å². The zero-order chi connectivity index (χ0) is 28.7. The lowest BCUT2D eigenvalue weighted by Crippen LogP contribution is -2.28. The van der Waals surface area contributed by atoms with Gasteiger partial charge in [0, 0.05) is 53.5 Å². The molecule has 0 amide bonds. The molecule has 40 heavy (non-hydrogen) atoms. The van der Waals surface area contributed by atoms with E-state index in [0.29, 0.717) is 19.6 Å². The molecule has 3 aromatic rings. The summed E-state index contributed by atoms with van der Waals surface area (Å²) in [5.41, 5.74) is 4.84. The minimum Gasteiger partial charge on any atom is -0.507 e. The number of aromatic hydroxyl groups is 3. The van der Waals surface area contributed by atoms with Crippen LogP contribution in [-0.4, -0.2) is 76.6 Å². The molecule has 3 aromatic carbocycles. The Labute approximate surface area is 238 Å². The Morgan fingerprint density at radius 1 is 0.500 bits per heavy atom. The number of nitrogens with zero attached hydrogens (tertiary/aromatic N) is 4. The number of hydrogen-bond acceptors (Lipinski definition) is 7. The highest BCUT2D eigenvalue weighted by atomic mass is 16.3. The fourth-order valence-corrected chi connectivity index (χ4v) is 4.55. The lowest BCUT2D eigenvalue weighted by Gasteiger charge is -2.21. The van der Waals surface area contributed by atoms with Crippen LogP contribution < -0.4 is 0 Å². The van der Waals surface area contributed by atoms with Crippen LogP contribution in [-0.2, 0) is 0 Å². The van der Waals surface area contributed by atoms with Gasteiger partial charge in [-0.05, 0) is 96.1 Å². The third-order valence-corrected chi connectivity index (χ3v) is 6.83. The number of aliphatic imine (C=N–C) groups is 3. The summed E-state index contributed by atoms with van der Waals surface area (Å²) in [6.07, 6.45) is 2.72. The highest BCUT2D eigenvalue weighted by Gasteiger charge is 2.08. The predicted octanol–water partition coefficient (Wildman–Crippen LogP) is 6.10. The number of benzene rings is 3. The first kappa shape index (κ1) is 30.6. The number of para-hydroxylation sites is 3. The summed E-state index contributed by atoms with van der Waals surface area (Å²) in [7, 11) is 0. The molecule has 3 N–H and O–H groups in total. The average Bonchev–Trinajstić information content (AvgIpc) is 2.95. The Morgan fingerprint density at radius 2 is 0.775 bits per heavy atom. The molecule has 7 nitrogen and oxygen atoms in total. The molecular weight excluding hydrogens is 500 g/mol. The smallest absolute Gasteiger partial charge is 0.124 e. The SMILES string of the molecule is CC(=NCCCN(CCCN=C(C)c1ccccc1O)CCCN=C(C)c1ccccc1O)c1ccccc1O. The maximum Gasteiger partial charge on any atom is 0.124 e. The second-order valence-corrected chi connectivity index (χ2v) is 9.86. The average molecular weight is 543 g/mol. The molecule has 0 spiro atoms. The van der Waals surface area contributed by atoms with Gasteiger partial charge in [-0.2, -0.15) is 0 Å². The molecule has 0 aliphatic carbocycles.